The van der Waals surface area contributed by atoms with Crippen LogP contribution in [0, 0.1) is 0 Å². The van der Waals surface area contributed by atoms with Crippen molar-refractivity contribution >= 4 is 27.5 Å². The van der Waals surface area contributed by atoms with Crippen LogP contribution in [0.3, 0.4) is 0 Å². The van der Waals surface area contributed by atoms with Crippen LogP contribution in [0.4, 0.5) is 5.69 Å². The summed E-state index contributed by atoms with van der Waals surface area (Å²) >= 11 is 3.34. The van der Waals surface area contributed by atoms with Crippen LogP contribution >= 0.6 is 15.9 Å². The maximum absolute atomic E-state index is 11.9. The van der Waals surface area contributed by atoms with Crippen LogP contribution < -0.4 is 11.1 Å². The van der Waals surface area contributed by atoms with Gasteiger partial charge in [-0.1, -0.05) is 22.0 Å². The summed E-state index contributed by atoms with van der Waals surface area (Å²) in [5, 5.41) is 2.77. The van der Waals surface area contributed by atoms with Crippen LogP contribution in [0.2, 0.25) is 0 Å². The number of rotatable bonds is 3. The zero-order chi connectivity index (χ0) is 13.0. The lowest BCUT2D eigenvalue weighted by Gasteiger charge is -2.05. The van der Waals surface area contributed by atoms with Crippen molar-refractivity contribution in [1.82, 2.24) is 4.98 Å². The molecule has 0 aliphatic heterocycles. The SMILES string of the molecule is NCc1ccc(C(=O)Nc2ccc(Br)cc2)nc1. The first-order chi connectivity index (χ1) is 8.69. The molecule has 1 aromatic heterocycles. The summed E-state index contributed by atoms with van der Waals surface area (Å²) < 4.78 is 0.964. The summed E-state index contributed by atoms with van der Waals surface area (Å²) in [5.74, 6) is -0.235. The van der Waals surface area contributed by atoms with Crippen LogP contribution in [0.15, 0.2) is 47.1 Å². The number of carbonyl (C=O) groups is 1. The van der Waals surface area contributed by atoms with Crippen molar-refractivity contribution < 1.29 is 4.79 Å². The second kappa shape index (κ2) is 5.75. The lowest BCUT2D eigenvalue weighted by atomic mass is 10.2. The van der Waals surface area contributed by atoms with Gasteiger partial charge in [0.15, 0.2) is 0 Å². The molecule has 0 radical (unpaired) electrons. The Morgan fingerprint density at radius 1 is 1.22 bits per heavy atom. The molecule has 0 saturated heterocycles. The van der Waals surface area contributed by atoms with Gasteiger partial charge in [-0.3, -0.25) is 9.78 Å². The maximum Gasteiger partial charge on any atom is 0.274 e. The number of carbonyl (C=O) groups excluding carboxylic acids is 1. The fourth-order valence-corrected chi connectivity index (χ4v) is 1.67. The highest BCUT2D eigenvalue weighted by Crippen LogP contribution is 2.14. The number of nitrogens with zero attached hydrogens (tertiary/aromatic N) is 1. The standard InChI is InChI=1S/C13H12BrN3O/c14-10-2-4-11(5-3-10)17-13(18)12-6-1-9(7-15)8-16-12/h1-6,8H,7,15H2,(H,17,18). The summed E-state index contributed by atoms with van der Waals surface area (Å²) in [7, 11) is 0. The Kier molecular flexibility index (Phi) is 4.07. The predicted molar refractivity (Wildman–Crippen MR) is 74.2 cm³/mol. The molecule has 0 aliphatic rings. The number of benzene rings is 1. The minimum absolute atomic E-state index is 0.235. The highest BCUT2D eigenvalue weighted by molar-refractivity contribution is 9.10. The third-order valence-corrected chi connectivity index (χ3v) is 2.92. The van der Waals surface area contributed by atoms with Gasteiger partial charge in [0.25, 0.3) is 5.91 Å². The molecular weight excluding hydrogens is 294 g/mol. The van der Waals surface area contributed by atoms with E-state index < -0.39 is 0 Å². The molecule has 0 saturated carbocycles. The summed E-state index contributed by atoms with van der Waals surface area (Å²) in [6.45, 7) is 0.418. The Bertz CT molecular complexity index is 537. The molecular formula is C13H12BrN3O. The van der Waals surface area contributed by atoms with Gasteiger partial charge in [-0.05, 0) is 35.9 Å². The van der Waals surface area contributed by atoms with E-state index in [0.29, 0.717) is 12.2 Å². The molecule has 1 heterocycles. The van der Waals surface area contributed by atoms with Crippen molar-refractivity contribution in [3.8, 4) is 0 Å². The molecule has 92 valence electrons. The van der Waals surface area contributed by atoms with Gasteiger partial charge in [-0.2, -0.15) is 0 Å². The first-order valence-electron chi connectivity index (χ1n) is 5.41. The Hall–Kier alpha value is -1.72. The molecule has 0 atom stereocenters. The number of anilines is 1. The van der Waals surface area contributed by atoms with E-state index in [0.717, 1.165) is 15.7 Å². The Labute approximate surface area is 113 Å². The summed E-state index contributed by atoms with van der Waals surface area (Å²) in [5.41, 5.74) is 7.47. The lowest BCUT2D eigenvalue weighted by Crippen LogP contribution is -2.13. The zero-order valence-electron chi connectivity index (χ0n) is 9.56. The molecule has 0 unspecified atom stereocenters. The van der Waals surface area contributed by atoms with Crippen molar-refractivity contribution in [3.05, 3.63) is 58.3 Å². The molecule has 2 rings (SSSR count). The first kappa shape index (κ1) is 12.7. The van der Waals surface area contributed by atoms with Crippen LogP contribution in [-0.4, -0.2) is 10.9 Å². The molecule has 0 bridgehead atoms. The Morgan fingerprint density at radius 3 is 2.50 bits per heavy atom. The van der Waals surface area contributed by atoms with E-state index in [-0.39, 0.29) is 5.91 Å². The van der Waals surface area contributed by atoms with Crippen molar-refractivity contribution in [2.45, 2.75) is 6.54 Å². The second-order valence-corrected chi connectivity index (χ2v) is 4.63. The van der Waals surface area contributed by atoms with Gasteiger partial charge in [0.2, 0.25) is 0 Å². The van der Waals surface area contributed by atoms with E-state index in [2.05, 4.69) is 26.2 Å². The average Bonchev–Trinajstić information content (AvgIpc) is 2.41. The van der Waals surface area contributed by atoms with E-state index in [4.69, 9.17) is 5.73 Å². The Balaban J connectivity index is 2.09. The largest absolute Gasteiger partial charge is 0.326 e. The number of pyridine rings is 1. The van der Waals surface area contributed by atoms with Gasteiger partial charge in [0.1, 0.15) is 5.69 Å². The third kappa shape index (κ3) is 3.15. The van der Waals surface area contributed by atoms with Crippen LogP contribution in [0.5, 0.6) is 0 Å². The second-order valence-electron chi connectivity index (χ2n) is 3.72. The van der Waals surface area contributed by atoms with Crippen molar-refractivity contribution in [3.63, 3.8) is 0 Å². The molecule has 0 fully saturated rings. The molecule has 0 aliphatic carbocycles. The first-order valence-corrected chi connectivity index (χ1v) is 6.20. The van der Waals surface area contributed by atoms with Gasteiger partial charge >= 0.3 is 0 Å². The van der Waals surface area contributed by atoms with Gasteiger partial charge in [0, 0.05) is 22.9 Å². The number of amides is 1. The minimum atomic E-state index is -0.235. The van der Waals surface area contributed by atoms with Gasteiger partial charge in [-0.25, -0.2) is 0 Å². The van der Waals surface area contributed by atoms with Gasteiger partial charge in [0.05, 0.1) is 0 Å². The number of hydrogen-bond donors (Lipinski definition) is 2. The van der Waals surface area contributed by atoms with Crippen LogP contribution in [-0.2, 0) is 6.54 Å². The van der Waals surface area contributed by atoms with Crippen LogP contribution in [0.1, 0.15) is 16.1 Å². The monoisotopic (exact) mass is 305 g/mol. The van der Waals surface area contributed by atoms with Gasteiger partial charge < -0.3 is 11.1 Å². The number of hydrogen-bond acceptors (Lipinski definition) is 3. The summed E-state index contributed by atoms with van der Waals surface area (Å²) in [4.78, 5) is 15.9. The van der Waals surface area contributed by atoms with Gasteiger partial charge in [-0.15, -0.1) is 0 Å². The van der Waals surface area contributed by atoms with Crippen LogP contribution in [0.25, 0.3) is 0 Å². The fourth-order valence-electron chi connectivity index (χ4n) is 1.41. The quantitative estimate of drug-likeness (QED) is 0.915. The molecule has 5 heteroatoms. The Morgan fingerprint density at radius 2 is 1.94 bits per heavy atom. The maximum atomic E-state index is 11.9. The molecule has 4 nitrogen and oxygen atoms in total. The fraction of sp³-hybridized carbons (Fsp3) is 0.0769. The number of halogens is 1. The van der Waals surface area contributed by atoms with Crippen molar-refractivity contribution in [2.75, 3.05) is 5.32 Å². The topological polar surface area (TPSA) is 68.0 Å². The van der Waals surface area contributed by atoms with E-state index in [1.165, 1.54) is 0 Å². The third-order valence-electron chi connectivity index (χ3n) is 2.40. The highest BCUT2D eigenvalue weighted by Gasteiger charge is 2.07. The molecule has 0 spiro atoms. The highest BCUT2D eigenvalue weighted by atomic mass is 79.9. The smallest absolute Gasteiger partial charge is 0.274 e. The number of nitrogens with one attached hydrogen (secondary N) is 1. The number of nitrogens with two attached hydrogens (primary N) is 1. The minimum Gasteiger partial charge on any atom is -0.326 e. The van der Waals surface area contributed by atoms with E-state index in [9.17, 15) is 4.79 Å². The van der Waals surface area contributed by atoms with Crippen molar-refractivity contribution in [2.24, 2.45) is 5.73 Å². The molecule has 3 N–H and O–H groups in total. The zero-order valence-corrected chi connectivity index (χ0v) is 11.1. The summed E-state index contributed by atoms with van der Waals surface area (Å²) in [6.07, 6.45) is 1.61. The predicted octanol–water partition coefficient (Wildman–Crippen LogP) is 2.56. The summed E-state index contributed by atoms with van der Waals surface area (Å²) in [6, 6.07) is 10.8. The molecule has 1 amide bonds. The molecule has 18 heavy (non-hydrogen) atoms. The van der Waals surface area contributed by atoms with E-state index in [1.54, 1.807) is 18.3 Å². The lowest BCUT2D eigenvalue weighted by molar-refractivity contribution is 0.102. The number of aromatic nitrogens is 1. The molecule has 1 aromatic carbocycles. The molecule has 2 aromatic rings. The van der Waals surface area contributed by atoms with E-state index >= 15 is 0 Å². The van der Waals surface area contributed by atoms with Crippen molar-refractivity contribution in [1.29, 1.82) is 0 Å². The average molecular weight is 306 g/mol. The van der Waals surface area contributed by atoms with E-state index in [1.807, 2.05) is 24.3 Å². The normalized spacial score (nSPS) is 10.1.